The molecule has 1 aliphatic heterocycles. The van der Waals surface area contributed by atoms with E-state index in [2.05, 4.69) is 5.32 Å². The lowest BCUT2D eigenvalue weighted by atomic mass is 9.97. The first kappa shape index (κ1) is 23.2. The summed E-state index contributed by atoms with van der Waals surface area (Å²) >= 11 is 6.41. The van der Waals surface area contributed by atoms with E-state index in [0.29, 0.717) is 25.4 Å². The van der Waals surface area contributed by atoms with Crippen LogP contribution in [0.1, 0.15) is 39.2 Å². The number of nitrogens with one attached hydrogen (secondary N) is 1. The molecule has 0 saturated carbocycles. The smallest absolute Gasteiger partial charge is 0.410 e. The van der Waals surface area contributed by atoms with Gasteiger partial charge < -0.3 is 19.7 Å². The summed E-state index contributed by atoms with van der Waals surface area (Å²) < 4.78 is 10.5. The summed E-state index contributed by atoms with van der Waals surface area (Å²) in [5, 5.41) is 14.3. The zero-order valence-electron chi connectivity index (χ0n) is 17.4. The van der Waals surface area contributed by atoms with E-state index < -0.39 is 10.5 Å². The molecular formula is C20H30ClN3O5. The molecule has 1 aromatic rings. The molecule has 29 heavy (non-hydrogen) atoms. The van der Waals surface area contributed by atoms with Gasteiger partial charge in [-0.15, -0.1) is 11.6 Å². The Morgan fingerprint density at radius 1 is 1.38 bits per heavy atom. The molecule has 0 aromatic heterocycles. The molecule has 1 saturated heterocycles. The van der Waals surface area contributed by atoms with Crippen LogP contribution >= 0.6 is 11.6 Å². The van der Waals surface area contributed by atoms with E-state index in [-0.39, 0.29) is 23.0 Å². The van der Waals surface area contributed by atoms with Crippen molar-refractivity contribution in [2.45, 2.75) is 51.1 Å². The molecule has 0 aliphatic carbocycles. The molecule has 0 radical (unpaired) electrons. The maximum absolute atomic E-state index is 12.1. The molecule has 2 rings (SSSR count). The number of piperidine rings is 1. The summed E-state index contributed by atoms with van der Waals surface area (Å²) in [6.07, 6.45) is 2.04. The van der Waals surface area contributed by atoms with Crippen molar-refractivity contribution in [3.05, 3.63) is 33.9 Å². The van der Waals surface area contributed by atoms with E-state index in [4.69, 9.17) is 21.1 Å². The van der Waals surface area contributed by atoms with Gasteiger partial charge in [0.25, 0.3) is 0 Å². The van der Waals surface area contributed by atoms with Gasteiger partial charge in [-0.2, -0.15) is 0 Å². The van der Waals surface area contributed by atoms with E-state index in [0.717, 1.165) is 24.9 Å². The third-order valence-corrected chi connectivity index (χ3v) is 5.06. The maximum Gasteiger partial charge on any atom is 0.410 e. The Morgan fingerprint density at radius 3 is 2.59 bits per heavy atom. The molecule has 9 heteroatoms. The van der Waals surface area contributed by atoms with Crippen LogP contribution in [0.4, 0.5) is 10.5 Å². The number of methoxy groups -OCH3 is 1. The van der Waals surface area contributed by atoms with Gasteiger partial charge in [-0.3, -0.25) is 10.1 Å². The van der Waals surface area contributed by atoms with Crippen LogP contribution in [-0.2, 0) is 11.2 Å². The highest BCUT2D eigenvalue weighted by Crippen LogP contribution is 2.28. The Kier molecular flexibility index (Phi) is 8.10. The van der Waals surface area contributed by atoms with Crippen molar-refractivity contribution < 1.29 is 19.2 Å². The number of ether oxygens (including phenoxy) is 2. The number of carbonyl (C=O) groups excluding carboxylic acids is 1. The lowest BCUT2D eigenvalue weighted by Gasteiger charge is -2.33. The summed E-state index contributed by atoms with van der Waals surface area (Å²) in [5.74, 6) is 0.659. The van der Waals surface area contributed by atoms with E-state index in [9.17, 15) is 14.9 Å². The first-order valence-electron chi connectivity index (χ1n) is 9.75. The van der Waals surface area contributed by atoms with Gasteiger partial charge in [0.2, 0.25) is 0 Å². The van der Waals surface area contributed by atoms with Gasteiger partial charge in [0.1, 0.15) is 5.60 Å². The number of likely N-dealkylation sites (tertiary alicyclic amines) is 1. The van der Waals surface area contributed by atoms with E-state index >= 15 is 0 Å². The van der Waals surface area contributed by atoms with Gasteiger partial charge in [-0.25, -0.2) is 4.79 Å². The fourth-order valence-corrected chi connectivity index (χ4v) is 3.49. The number of nitro benzene ring substituents is 1. The summed E-state index contributed by atoms with van der Waals surface area (Å²) in [5.41, 5.74) is 0.0128. The molecular weight excluding hydrogens is 398 g/mol. The summed E-state index contributed by atoms with van der Waals surface area (Å²) in [6, 6.07) is 4.77. The maximum atomic E-state index is 12.1. The van der Waals surface area contributed by atoms with Crippen LogP contribution in [0, 0.1) is 16.0 Å². The second kappa shape index (κ2) is 10.1. The van der Waals surface area contributed by atoms with Crippen LogP contribution in [0.2, 0.25) is 0 Å². The average Bonchev–Trinajstić information content (AvgIpc) is 2.65. The Bertz CT molecular complexity index is 715. The third-order valence-electron chi connectivity index (χ3n) is 4.75. The third kappa shape index (κ3) is 7.36. The quantitative estimate of drug-likeness (QED) is 0.306. The van der Waals surface area contributed by atoms with Crippen LogP contribution in [0.3, 0.4) is 0 Å². The van der Waals surface area contributed by atoms with Crippen molar-refractivity contribution in [2.24, 2.45) is 5.92 Å². The lowest BCUT2D eigenvalue weighted by Crippen LogP contribution is -2.43. The fraction of sp³-hybridized carbons (Fsp3) is 0.650. The Balaban J connectivity index is 1.77. The molecule has 1 N–H and O–H groups in total. The van der Waals surface area contributed by atoms with Gasteiger partial charge in [0.15, 0.2) is 5.75 Å². The SMILES string of the molecule is COc1cc(CC(Cl)NCC2CCN(C(=O)OC(C)(C)C)CC2)ccc1[N+](=O)[O-]. The normalized spacial score (nSPS) is 16.4. The molecule has 1 atom stereocenters. The monoisotopic (exact) mass is 427 g/mol. The van der Waals surface area contributed by atoms with Crippen molar-refractivity contribution in [1.29, 1.82) is 0 Å². The molecule has 1 unspecified atom stereocenters. The van der Waals surface area contributed by atoms with Gasteiger partial charge in [0.05, 0.1) is 17.5 Å². The van der Waals surface area contributed by atoms with Crippen LogP contribution < -0.4 is 10.1 Å². The van der Waals surface area contributed by atoms with Crippen molar-refractivity contribution >= 4 is 23.4 Å². The number of halogens is 1. The molecule has 1 amide bonds. The molecule has 8 nitrogen and oxygen atoms in total. The van der Waals surface area contributed by atoms with Crippen LogP contribution in [0.15, 0.2) is 18.2 Å². The number of nitrogens with zero attached hydrogens (tertiary/aromatic N) is 2. The Labute approximate surface area is 176 Å². The van der Waals surface area contributed by atoms with E-state index in [1.165, 1.54) is 13.2 Å². The van der Waals surface area contributed by atoms with Gasteiger partial charge >= 0.3 is 11.8 Å². The number of benzene rings is 1. The zero-order valence-corrected chi connectivity index (χ0v) is 18.2. The standard InChI is InChI=1S/C20H30ClN3O5/c1-20(2,3)29-19(25)23-9-7-14(8-10-23)13-22-18(21)12-15-5-6-16(24(26)27)17(11-15)28-4/h5-6,11,14,18,22H,7-10,12-13H2,1-4H3. The first-order chi connectivity index (χ1) is 13.6. The second-order valence-electron chi connectivity index (χ2n) is 8.25. The Morgan fingerprint density at radius 2 is 2.03 bits per heavy atom. The number of hydrogen-bond donors (Lipinski definition) is 1. The number of nitro groups is 1. The number of hydrogen-bond acceptors (Lipinski definition) is 6. The molecule has 1 aromatic carbocycles. The number of alkyl halides is 1. The lowest BCUT2D eigenvalue weighted by molar-refractivity contribution is -0.385. The minimum atomic E-state index is -0.484. The molecule has 1 fully saturated rings. The zero-order chi connectivity index (χ0) is 21.6. The van der Waals surface area contributed by atoms with E-state index in [1.807, 2.05) is 20.8 Å². The van der Waals surface area contributed by atoms with Gasteiger partial charge in [-0.1, -0.05) is 6.07 Å². The highest BCUT2D eigenvalue weighted by molar-refractivity contribution is 6.20. The first-order valence-corrected chi connectivity index (χ1v) is 10.2. The summed E-state index contributed by atoms with van der Waals surface area (Å²) in [7, 11) is 1.41. The predicted octanol–water partition coefficient (Wildman–Crippen LogP) is 3.95. The molecule has 162 valence electrons. The second-order valence-corrected chi connectivity index (χ2v) is 8.78. The predicted molar refractivity (Wildman–Crippen MR) is 112 cm³/mol. The molecule has 1 aliphatic rings. The topological polar surface area (TPSA) is 93.9 Å². The van der Waals surface area contributed by atoms with E-state index in [1.54, 1.807) is 17.0 Å². The number of rotatable bonds is 7. The van der Waals surface area contributed by atoms with Crippen molar-refractivity contribution in [3.63, 3.8) is 0 Å². The van der Waals surface area contributed by atoms with Crippen molar-refractivity contribution in [2.75, 3.05) is 26.7 Å². The largest absolute Gasteiger partial charge is 0.490 e. The fourth-order valence-electron chi connectivity index (χ4n) is 3.22. The van der Waals surface area contributed by atoms with Crippen molar-refractivity contribution in [1.82, 2.24) is 10.2 Å². The van der Waals surface area contributed by atoms with Crippen LogP contribution in [-0.4, -0.2) is 53.8 Å². The molecule has 1 heterocycles. The van der Waals surface area contributed by atoms with Crippen LogP contribution in [0.5, 0.6) is 5.75 Å². The highest BCUT2D eigenvalue weighted by atomic mass is 35.5. The minimum absolute atomic E-state index is 0.0629. The highest BCUT2D eigenvalue weighted by Gasteiger charge is 2.27. The van der Waals surface area contributed by atoms with Gasteiger partial charge in [0, 0.05) is 25.6 Å². The number of carbonyl (C=O) groups is 1. The Hall–Kier alpha value is -2.06. The van der Waals surface area contributed by atoms with Gasteiger partial charge in [-0.05, 0) is 57.7 Å². The van der Waals surface area contributed by atoms with Crippen molar-refractivity contribution in [3.8, 4) is 5.75 Å². The molecule has 0 spiro atoms. The average molecular weight is 428 g/mol. The van der Waals surface area contributed by atoms with Crippen LogP contribution in [0.25, 0.3) is 0 Å². The molecule has 0 bridgehead atoms. The number of amides is 1. The summed E-state index contributed by atoms with van der Waals surface area (Å²) in [6.45, 7) is 7.69. The summed E-state index contributed by atoms with van der Waals surface area (Å²) in [4.78, 5) is 24.4. The minimum Gasteiger partial charge on any atom is -0.490 e.